The lowest BCUT2D eigenvalue weighted by atomic mass is 10.1. The van der Waals surface area contributed by atoms with E-state index < -0.39 is 0 Å². The molecule has 0 aliphatic heterocycles. The van der Waals surface area contributed by atoms with E-state index in [0.717, 1.165) is 16.8 Å². The second-order valence-electron chi connectivity index (χ2n) is 7.78. The molecule has 0 saturated carbocycles. The lowest BCUT2D eigenvalue weighted by molar-refractivity contribution is 0.101. The maximum Gasteiger partial charge on any atom is 0.267 e. The Labute approximate surface area is 188 Å². The van der Waals surface area contributed by atoms with Crippen LogP contribution in [-0.2, 0) is 7.05 Å². The van der Waals surface area contributed by atoms with Gasteiger partial charge in [0.05, 0.1) is 28.0 Å². The molecule has 2 aromatic carbocycles. The highest BCUT2D eigenvalue weighted by molar-refractivity contribution is 7.99. The quantitative estimate of drug-likeness (QED) is 0.304. The number of rotatable bonds is 5. The Morgan fingerprint density at radius 1 is 1.03 bits per heavy atom. The number of benzene rings is 2. The van der Waals surface area contributed by atoms with Crippen LogP contribution in [0.1, 0.15) is 21.6 Å². The second-order valence-corrected chi connectivity index (χ2v) is 8.72. The Hall–Kier alpha value is -3.65. The summed E-state index contributed by atoms with van der Waals surface area (Å²) in [5.74, 6) is 0.651. The Bertz CT molecular complexity index is 1560. The van der Waals surface area contributed by atoms with E-state index in [4.69, 9.17) is 0 Å². The van der Waals surface area contributed by atoms with Gasteiger partial charge in [0.2, 0.25) is 5.78 Å². The van der Waals surface area contributed by atoms with E-state index in [-0.39, 0.29) is 17.1 Å². The van der Waals surface area contributed by atoms with Gasteiger partial charge in [-0.15, -0.1) is 10.2 Å². The van der Waals surface area contributed by atoms with E-state index >= 15 is 0 Å². The summed E-state index contributed by atoms with van der Waals surface area (Å²) in [6.07, 6.45) is 1.85. The van der Waals surface area contributed by atoms with Gasteiger partial charge in [-0.05, 0) is 55.3 Å². The van der Waals surface area contributed by atoms with Crippen molar-refractivity contribution in [2.45, 2.75) is 19.0 Å². The molecule has 5 aromatic rings. The molecular formula is C24H21N5O2S. The van der Waals surface area contributed by atoms with Crippen molar-refractivity contribution >= 4 is 34.2 Å². The molecule has 3 heterocycles. The van der Waals surface area contributed by atoms with Crippen LogP contribution in [0, 0.1) is 13.8 Å². The van der Waals surface area contributed by atoms with E-state index in [1.165, 1.54) is 11.8 Å². The predicted molar refractivity (Wildman–Crippen MR) is 126 cm³/mol. The average Bonchev–Trinajstić information content (AvgIpc) is 3.41. The number of aromatic nitrogens is 5. The minimum Gasteiger partial charge on any atom is -0.348 e. The van der Waals surface area contributed by atoms with E-state index in [0.29, 0.717) is 27.5 Å². The number of hydrogen-bond donors (Lipinski definition) is 0. The zero-order valence-corrected chi connectivity index (χ0v) is 18.8. The third kappa shape index (κ3) is 3.23. The van der Waals surface area contributed by atoms with Gasteiger partial charge in [-0.1, -0.05) is 36.0 Å². The third-order valence-corrected chi connectivity index (χ3v) is 6.49. The van der Waals surface area contributed by atoms with Gasteiger partial charge in [0, 0.05) is 13.2 Å². The minimum absolute atomic E-state index is 0.00593. The van der Waals surface area contributed by atoms with Crippen molar-refractivity contribution in [1.82, 2.24) is 23.7 Å². The zero-order valence-electron chi connectivity index (χ0n) is 17.9. The third-order valence-electron chi connectivity index (χ3n) is 5.56. The van der Waals surface area contributed by atoms with Crippen molar-refractivity contribution in [2.24, 2.45) is 7.05 Å². The smallest absolute Gasteiger partial charge is 0.267 e. The van der Waals surface area contributed by atoms with Crippen LogP contribution in [0.15, 0.2) is 70.7 Å². The molecule has 0 saturated heterocycles. The molecule has 7 nitrogen and oxygen atoms in total. The van der Waals surface area contributed by atoms with Gasteiger partial charge in [-0.3, -0.25) is 14.0 Å². The topological polar surface area (TPSA) is 74.2 Å². The molecule has 0 atom stereocenters. The van der Waals surface area contributed by atoms with Crippen molar-refractivity contribution < 1.29 is 4.79 Å². The summed E-state index contributed by atoms with van der Waals surface area (Å²) in [5.41, 5.74) is 3.99. The number of fused-ring (bicyclic) bond motifs is 3. The zero-order chi connectivity index (χ0) is 22.4. The number of hydrogen-bond acceptors (Lipinski definition) is 5. The minimum atomic E-state index is -0.148. The van der Waals surface area contributed by atoms with Crippen LogP contribution in [0.3, 0.4) is 0 Å². The molecule has 0 unspecified atom stereocenters. The van der Waals surface area contributed by atoms with Crippen LogP contribution in [0.25, 0.3) is 22.4 Å². The number of carbonyl (C=O) groups is 1. The van der Waals surface area contributed by atoms with Gasteiger partial charge in [0.15, 0.2) is 10.9 Å². The second kappa shape index (κ2) is 7.80. The summed E-state index contributed by atoms with van der Waals surface area (Å²) < 4.78 is 5.28. The number of carbonyl (C=O) groups excluding carboxylic acids is 1. The van der Waals surface area contributed by atoms with Crippen molar-refractivity contribution in [3.05, 3.63) is 88.0 Å². The highest BCUT2D eigenvalue weighted by Gasteiger charge is 2.20. The molecule has 0 radical (unpaired) electrons. The van der Waals surface area contributed by atoms with Crippen LogP contribution < -0.4 is 5.56 Å². The van der Waals surface area contributed by atoms with Crippen molar-refractivity contribution in [3.8, 4) is 5.69 Å². The summed E-state index contributed by atoms with van der Waals surface area (Å²) in [6.45, 7) is 3.96. The van der Waals surface area contributed by atoms with E-state index in [9.17, 15) is 9.59 Å². The Morgan fingerprint density at radius 3 is 2.62 bits per heavy atom. The lowest BCUT2D eigenvalue weighted by Crippen LogP contribution is -2.22. The normalized spacial score (nSPS) is 11.5. The average molecular weight is 444 g/mol. The van der Waals surface area contributed by atoms with E-state index in [1.54, 1.807) is 15.2 Å². The summed E-state index contributed by atoms with van der Waals surface area (Å²) >= 11 is 1.31. The number of Topliss-reactive ketones (excluding diaryl/α,β-unsaturated/α-hetero) is 1. The van der Waals surface area contributed by atoms with Crippen LogP contribution in [-0.4, -0.2) is 35.3 Å². The first-order chi connectivity index (χ1) is 15.5. The van der Waals surface area contributed by atoms with E-state index in [1.807, 2.05) is 80.0 Å². The Balaban J connectivity index is 1.70. The fourth-order valence-electron chi connectivity index (χ4n) is 3.90. The molecule has 5 rings (SSSR count). The fourth-order valence-corrected chi connectivity index (χ4v) is 4.72. The first-order valence-electron chi connectivity index (χ1n) is 10.2. The van der Waals surface area contributed by atoms with Gasteiger partial charge < -0.3 is 4.57 Å². The van der Waals surface area contributed by atoms with Crippen molar-refractivity contribution in [3.63, 3.8) is 0 Å². The van der Waals surface area contributed by atoms with Crippen LogP contribution in [0.4, 0.5) is 0 Å². The molecule has 0 aliphatic rings. The number of ketones is 1. The maximum atomic E-state index is 13.5. The molecule has 0 fully saturated rings. The molecule has 0 aliphatic carbocycles. The molecule has 32 heavy (non-hydrogen) atoms. The predicted octanol–water partition coefficient (Wildman–Crippen LogP) is 3.96. The molecule has 160 valence electrons. The van der Waals surface area contributed by atoms with Gasteiger partial charge in [-0.2, -0.15) is 0 Å². The fraction of sp³-hybridized carbons (Fsp3) is 0.167. The largest absolute Gasteiger partial charge is 0.348 e. The summed E-state index contributed by atoms with van der Waals surface area (Å²) in [5, 5.41) is 9.86. The number of para-hydroxylation sites is 1. The molecule has 0 amide bonds. The van der Waals surface area contributed by atoms with Crippen LogP contribution >= 0.6 is 11.8 Å². The lowest BCUT2D eigenvalue weighted by Gasteiger charge is -2.14. The number of nitrogens with zero attached hydrogens (tertiary/aromatic N) is 5. The Morgan fingerprint density at radius 2 is 1.84 bits per heavy atom. The van der Waals surface area contributed by atoms with E-state index in [2.05, 4.69) is 10.2 Å². The molecule has 0 bridgehead atoms. The number of aryl methyl sites for hydroxylation is 3. The van der Waals surface area contributed by atoms with Crippen LogP contribution in [0.2, 0.25) is 0 Å². The van der Waals surface area contributed by atoms with Gasteiger partial charge in [0.1, 0.15) is 0 Å². The first-order valence-corrected chi connectivity index (χ1v) is 11.2. The summed E-state index contributed by atoms with van der Waals surface area (Å²) in [7, 11) is 1.85. The molecule has 3 aromatic heterocycles. The first kappa shape index (κ1) is 20.3. The number of thioether (sulfide) groups is 1. The Kier molecular flexibility index (Phi) is 4.94. The summed E-state index contributed by atoms with van der Waals surface area (Å²) in [6, 6.07) is 17.1. The molecule has 0 N–H and O–H groups in total. The maximum absolute atomic E-state index is 13.5. The van der Waals surface area contributed by atoms with Gasteiger partial charge >= 0.3 is 0 Å². The molecule has 0 spiro atoms. The summed E-state index contributed by atoms with van der Waals surface area (Å²) in [4.78, 5) is 26.2. The van der Waals surface area contributed by atoms with Crippen LogP contribution in [0.5, 0.6) is 0 Å². The van der Waals surface area contributed by atoms with Gasteiger partial charge in [-0.25, -0.2) is 4.57 Å². The highest BCUT2D eigenvalue weighted by Crippen LogP contribution is 2.25. The standard InChI is InChI=1S/C24H21N5O2S/c1-15-10-11-16(2)20(13-15)28-22(31)17-7-4-5-8-18(17)29-23(28)25-26-24(29)32-14-21(30)19-9-6-12-27(19)3/h4-13H,14H2,1-3H3. The SMILES string of the molecule is Cc1ccc(C)c(-n2c(=O)c3ccccc3n3c(SCC(=O)c4cccn4C)nnc23)c1. The van der Waals surface area contributed by atoms with Gasteiger partial charge in [0.25, 0.3) is 5.56 Å². The van der Waals surface area contributed by atoms with Crippen molar-refractivity contribution in [1.29, 1.82) is 0 Å². The van der Waals surface area contributed by atoms with Crippen molar-refractivity contribution in [2.75, 3.05) is 5.75 Å². The molecular weight excluding hydrogens is 422 g/mol. The highest BCUT2D eigenvalue weighted by atomic mass is 32.2. The monoisotopic (exact) mass is 443 g/mol. The molecule has 8 heteroatoms.